The molecule has 0 unspecified atom stereocenters. The molecule has 0 rings (SSSR count). The van der Waals surface area contributed by atoms with Crippen LogP contribution in [0.5, 0.6) is 0 Å². The third kappa shape index (κ3) is 6.09. The number of carboxylic acid groups (broad SMARTS) is 1. The van der Waals surface area contributed by atoms with Crippen LogP contribution in [-0.2, 0) is 9.36 Å². The normalized spacial score (nSPS) is 12.7. The Kier molecular flexibility index (Phi) is 3.86. The Labute approximate surface area is 73.9 Å². The highest BCUT2D eigenvalue weighted by molar-refractivity contribution is 7.47. The average molecular weight is 208 g/mol. The minimum atomic E-state index is -5.11. The molecule has 2 N–H and O–H groups in total. The zero-order chi connectivity index (χ0) is 10.6. The van der Waals surface area contributed by atoms with E-state index in [9.17, 15) is 24.3 Å². The van der Waals surface area contributed by atoms with Crippen molar-refractivity contribution in [3.05, 3.63) is 0 Å². The Morgan fingerprint density at radius 1 is 1.62 bits per heavy atom. The number of carbonyl (C=O) groups is 1. The number of nitrogens with two attached hydrogens (primary N) is 1. The van der Waals surface area contributed by atoms with Gasteiger partial charge in [-0.1, -0.05) is 0 Å². The maximum atomic E-state index is 10.0. The van der Waals surface area contributed by atoms with Crippen LogP contribution in [0.1, 0.15) is 0 Å². The van der Waals surface area contributed by atoms with Crippen LogP contribution in [-0.4, -0.2) is 30.4 Å². The second-order valence-corrected chi connectivity index (χ2v) is 3.29. The van der Waals surface area contributed by atoms with Crippen molar-refractivity contribution in [2.45, 2.75) is 0 Å². The van der Waals surface area contributed by atoms with E-state index in [1.165, 1.54) is 0 Å². The molecule has 76 valence electrons. The van der Waals surface area contributed by atoms with Crippen LogP contribution in [0.3, 0.4) is 0 Å². The first-order chi connectivity index (χ1) is 5.72. The molecule has 0 heterocycles. The van der Waals surface area contributed by atoms with E-state index in [2.05, 4.69) is 4.76 Å². The van der Waals surface area contributed by atoms with E-state index in [4.69, 9.17) is 5.73 Å². The van der Waals surface area contributed by atoms with Gasteiger partial charge in [0.1, 0.15) is 0 Å². The summed E-state index contributed by atoms with van der Waals surface area (Å²) >= 11 is 0. The number of rotatable bonds is 3. The van der Waals surface area contributed by atoms with Crippen LogP contribution < -0.4 is 20.6 Å². The van der Waals surface area contributed by atoms with Crippen molar-refractivity contribution in [3.63, 3.8) is 0 Å². The zero-order valence-corrected chi connectivity index (χ0v) is 7.56. The maximum absolute atomic E-state index is 10.0. The molecule has 0 saturated heterocycles. The second-order valence-electron chi connectivity index (χ2n) is 2.15. The van der Waals surface area contributed by atoms with E-state index in [0.29, 0.717) is 0 Å². The molecule has 0 amide bonds. The number of hydrogen-bond acceptors (Lipinski definition) is 5. The number of likely N-dealkylation sites (N-methyl/N-ethyl adjacent to an activating group) is 1. The van der Waals surface area contributed by atoms with Gasteiger partial charge in [-0.05, 0) is 0 Å². The van der Waals surface area contributed by atoms with Gasteiger partial charge in [0.2, 0.25) is 0 Å². The van der Waals surface area contributed by atoms with Gasteiger partial charge in [-0.3, -0.25) is 0 Å². The lowest BCUT2D eigenvalue weighted by Crippen LogP contribution is -2.42. The van der Waals surface area contributed by atoms with Crippen LogP contribution in [0.4, 0.5) is 0 Å². The number of guanidine groups is 1. The van der Waals surface area contributed by atoms with Gasteiger partial charge in [-0.25, -0.2) is 4.76 Å². The van der Waals surface area contributed by atoms with Crippen LogP contribution in [0.2, 0.25) is 0 Å². The molecule has 0 radical (unpaired) electrons. The minimum Gasteiger partial charge on any atom is -0.793 e. The molecular weight excluding hydrogens is 201 g/mol. The lowest BCUT2D eigenvalue weighted by atomic mass is 10.6. The van der Waals surface area contributed by atoms with Crippen molar-refractivity contribution in [1.82, 2.24) is 4.90 Å². The lowest BCUT2D eigenvalue weighted by Gasteiger charge is -2.27. The first-order valence-electron chi connectivity index (χ1n) is 3.01. The molecule has 0 aliphatic carbocycles. The number of nitrogens with zero attached hydrogens (tertiary/aromatic N) is 2. The smallest absolute Gasteiger partial charge is 0.195 e. The Morgan fingerprint density at radius 2 is 2.08 bits per heavy atom. The lowest BCUT2D eigenvalue weighted by molar-refractivity contribution is -0.314. The van der Waals surface area contributed by atoms with Gasteiger partial charge < -0.3 is 34.9 Å². The molecule has 0 spiro atoms. The van der Waals surface area contributed by atoms with Crippen molar-refractivity contribution in [1.29, 1.82) is 0 Å². The SMILES string of the molecule is CN(CC(=O)[O-])/C(N)=N/P(=O)([O-])[O-]. The fourth-order valence-corrected chi connectivity index (χ4v) is 0.880. The third-order valence-electron chi connectivity index (χ3n) is 0.982. The summed E-state index contributed by atoms with van der Waals surface area (Å²) in [6.07, 6.45) is 0. The molecule has 13 heavy (non-hydrogen) atoms. The Hall–Kier alpha value is -1.11. The van der Waals surface area contributed by atoms with E-state index >= 15 is 0 Å². The zero-order valence-electron chi connectivity index (χ0n) is 6.67. The summed E-state index contributed by atoms with van der Waals surface area (Å²) in [5.41, 5.74) is 4.96. The third-order valence-corrected chi connectivity index (χ3v) is 1.43. The molecule has 0 aromatic heterocycles. The minimum absolute atomic E-state index is 0.644. The first kappa shape index (κ1) is 11.9. The fourth-order valence-electron chi connectivity index (χ4n) is 0.476. The van der Waals surface area contributed by atoms with E-state index < -0.39 is 26.2 Å². The molecule has 8 nitrogen and oxygen atoms in total. The van der Waals surface area contributed by atoms with Crippen LogP contribution in [0.15, 0.2) is 4.76 Å². The average Bonchev–Trinajstić information content (AvgIpc) is 1.81. The van der Waals surface area contributed by atoms with Crippen molar-refractivity contribution in [2.75, 3.05) is 13.6 Å². The Morgan fingerprint density at radius 3 is 2.38 bits per heavy atom. The highest BCUT2D eigenvalue weighted by atomic mass is 31.2. The molecule has 0 aromatic rings. The molecule has 0 saturated carbocycles. The van der Waals surface area contributed by atoms with Crippen LogP contribution >= 0.6 is 7.75 Å². The summed E-state index contributed by atoms with van der Waals surface area (Å²) in [7, 11) is -3.95. The van der Waals surface area contributed by atoms with Gasteiger partial charge in [-0.15, -0.1) is 0 Å². The summed E-state index contributed by atoms with van der Waals surface area (Å²) < 4.78 is 12.6. The largest absolute Gasteiger partial charge is 0.793 e. The molecule has 0 bridgehead atoms. The van der Waals surface area contributed by atoms with Crippen molar-refractivity contribution >= 4 is 19.7 Å². The number of aliphatic carboxylic acids is 1. The van der Waals surface area contributed by atoms with Gasteiger partial charge in [-0.2, -0.15) is 0 Å². The quantitative estimate of drug-likeness (QED) is 0.281. The van der Waals surface area contributed by atoms with Crippen molar-refractivity contribution in [3.8, 4) is 0 Å². The molecule has 0 fully saturated rings. The number of hydrogen-bond donors (Lipinski definition) is 1. The molecule has 0 aromatic carbocycles. The predicted octanol–water partition coefficient (Wildman–Crippen LogP) is -4.19. The molecule has 0 atom stereocenters. The van der Waals surface area contributed by atoms with E-state index in [1.54, 1.807) is 0 Å². The summed E-state index contributed by atoms with van der Waals surface area (Å²) in [6, 6.07) is 0. The standard InChI is InChI=1S/C4H10N3O5P/c1-7(2-3(8)9)4(5)6-13(10,11)12/h2H2,1H3,(H,8,9)(H4,5,6,10,11,12)/p-3. The van der Waals surface area contributed by atoms with E-state index in [0.717, 1.165) is 11.9 Å². The number of carboxylic acids is 1. The summed E-state index contributed by atoms with van der Waals surface area (Å²) in [4.78, 5) is 30.8. The summed E-state index contributed by atoms with van der Waals surface area (Å²) in [5, 5.41) is 9.99. The van der Waals surface area contributed by atoms with E-state index in [1.807, 2.05) is 0 Å². The summed E-state index contributed by atoms with van der Waals surface area (Å²) in [5.74, 6) is -2.15. The van der Waals surface area contributed by atoms with Gasteiger partial charge in [0.15, 0.2) is 5.96 Å². The Balaban J connectivity index is 4.42. The molecule has 0 aliphatic rings. The van der Waals surface area contributed by atoms with E-state index in [-0.39, 0.29) is 0 Å². The summed E-state index contributed by atoms with van der Waals surface area (Å²) in [6.45, 7) is -0.644. The number of carbonyl (C=O) groups excluding carboxylic acids is 1. The topological polar surface area (TPSA) is 145 Å². The maximum Gasteiger partial charge on any atom is 0.195 e. The molecule has 9 heteroatoms. The van der Waals surface area contributed by atoms with Crippen molar-refractivity contribution < 1.29 is 24.3 Å². The van der Waals surface area contributed by atoms with Gasteiger partial charge in [0.05, 0.1) is 20.3 Å². The van der Waals surface area contributed by atoms with Gasteiger partial charge >= 0.3 is 0 Å². The highest BCUT2D eigenvalue weighted by Crippen LogP contribution is 2.24. The van der Waals surface area contributed by atoms with Crippen LogP contribution in [0.25, 0.3) is 0 Å². The van der Waals surface area contributed by atoms with Gasteiger partial charge in [0, 0.05) is 7.05 Å². The van der Waals surface area contributed by atoms with Crippen molar-refractivity contribution in [2.24, 2.45) is 10.5 Å². The van der Waals surface area contributed by atoms with Crippen LogP contribution in [0, 0.1) is 0 Å². The predicted molar refractivity (Wildman–Crippen MR) is 36.9 cm³/mol. The first-order valence-corrected chi connectivity index (χ1v) is 4.50. The second kappa shape index (κ2) is 4.22. The molecular formula is C4H7N3O5P-3. The fraction of sp³-hybridized carbons (Fsp3) is 0.500. The Bertz CT molecular complexity index is 271. The molecule has 0 aliphatic heterocycles. The van der Waals surface area contributed by atoms with Gasteiger partial charge in [0.25, 0.3) is 0 Å². The highest BCUT2D eigenvalue weighted by Gasteiger charge is 2.01. The monoisotopic (exact) mass is 208 g/mol.